The highest BCUT2D eigenvalue weighted by atomic mass is 16.6. The van der Waals surface area contributed by atoms with E-state index in [9.17, 15) is 4.79 Å². The van der Waals surface area contributed by atoms with Crippen LogP contribution in [0.25, 0.3) is 23.2 Å². The molecule has 0 atom stereocenters. The van der Waals surface area contributed by atoms with E-state index in [-0.39, 0.29) is 0 Å². The molecule has 0 radical (unpaired) electrons. The van der Waals surface area contributed by atoms with Crippen LogP contribution in [0.3, 0.4) is 0 Å². The molecular weight excluding hydrogens is 372 g/mol. The Hall–Kier alpha value is -3.16. The Morgan fingerprint density at radius 3 is 2.62 bits per heavy atom. The van der Waals surface area contributed by atoms with Gasteiger partial charge >= 0.3 is 6.09 Å². The van der Waals surface area contributed by atoms with Crippen molar-refractivity contribution in [3.05, 3.63) is 41.6 Å². The van der Waals surface area contributed by atoms with Crippen LogP contribution >= 0.6 is 0 Å². The van der Waals surface area contributed by atoms with Gasteiger partial charge in [-0.2, -0.15) is 0 Å². The van der Waals surface area contributed by atoms with E-state index in [1.54, 1.807) is 0 Å². The topological polar surface area (TPSA) is 103 Å². The number of hydrogen-bond donors (Lipinski definition) is 1. The molecule has 3 aromatic rings. The maximum absolute atomic E-state index is 11.8. The molecule has 154 valence electrons. The summed E-state index contributed by atoms with van der Waals surface area (Å²) in [6.07, 6.45) is 2.25. The first-order valence-corrected chi connectivity index (χ1v) is 9.60. The highest BCUT2D eigenvalue weighted by molar-refractivity contribution is 5.67. The Labute approximate surface area is 169 Å². The van der Waals surface area contributed by atoms with Gasteiger partial charge in [0.15, 0.2) is 5.69 Å². The van der Waals surface area contributed by atoms with Gasteiger partial charge < -0.3 is 18.9 Å². The number of amides is 1. The van der Waals surface area contributed by atoms with Gasteiger partial charge in [0, 0.05) is 18.7 Å². The molecule has 0 spiro atoms. The summed E-state index contributed by atoms with van der Waals surface area (Å²) in [6.45, 7) is 9.76. The van der Waals surface area contributed by atoms with Gasteiger partial charge in [0.2, 0.25) is 11.8 Å². The lowest BCUT2D eigenvalue weighted by Crippen LogP contribution is -2.33. The number of nitrogens with one attached hydrogen (secondary N) is 1. The van der Waals surface area contributed by atoms with Gasteiger partial charge in [-0.1, -0.05) is 13.0 Å². The Kier molecular flexibility index (Phi) is 6.00. The van der Waals surface area contributed by atoms with Crippen LogP contribution in [0, 0.1) is 6.92 Å². The van der Waals surface area contributed by atoms with Crippen molar-refractivity contribution in [1.29, 1.82) is 0 Å². The summed E-state index contributed by atoms with van der Waals surface area (Å²) in [5, 5.41) is 2.73. The van der Waals surface area contributed by atoms with Gasteiger partial charge in [0.1, 0.15) is 23.3 Å². The summed E-state index contributed by atoms with van der Waals surface area (Å²) in [6, 6.07) is 5.65. The molecule has 0 aliphatic rings. The third kappa shape index (κ3) is 5.43. The molecule has 29 heavy (non-hydrogen) atoms. The minimum Gasteiger partial charge on any atom is -0.444 e. The van der Waals surface area contributed by atoms with Crippen molar-refractivity contribution in [2.24, 2.45) is 0 Å². The number of rotatable bonds is 6. The molecule has 0 fully saturated rings. The smallest absolute Gasteiger partial charge is 0.407 e. The fourth-order valence-electron chi connectivity index (χ4n) is 2.71. The summed E-state index contributed by atoms with van der Waals surface area (Å²) >= 11 is 0. The molecule has 1 N–H and O–H groups in total. The highest BCUT2D eigenvalue weighted by Gasteiger charge is 2.19. The molecule has 0 saturated carbocycles. The predicted octanol–water partition coefficient (Wildman–Crippen LogP) is 4.33. The summed E-state index contributed by atoms with van der Waals surface area (Å²) in [5.41, 5.74) is 2.33. The predicted molar refractivity (Wildman–Crippen MR) is 107 cm³/mol. The van der Waals surface area contributed by atoms with E-state index < -0.39 is 11.7 Å². The molecule has 0 aromatic carbocycles. The monoisotopic (exact) mass is 398 g/mol. The van der Waals surface area contributed by atoms with Gasteiger partial charge in [-0.15, -0.1) is 0 Å². The van der Waals surface area contributed by atoms with E-state index in [2.05, 4.69) is 20.3 Å². The molecule has 8 nitrogen and oxygen atoms in total. The Balaban J connectivity index is 1.69. The maximum Gasteiger partial charge on any atom is 0.407 e. The molecule has 0 aliphatic heterocycles. The standard InChI is InChI=1S/C21H26N4O4/c1-6-14-17(10-11-22-20(26)29-21(3,4)5)28-19(24-14)16-12-27-18(25-16)15-9-7-8-13(2)23-15/h7-9,12H,6,10-11H2,1-5H3,(H,22,26). The van der Waals surface area contributed by atoms with Crippen LogP contribution < -0.4 is 5.32 Å². The summed E-state index contributed by atoms with van der Waals surface area (Å²) < 4.78 is 16.7. The number of ether oxygens (including phenoxy) is 1. The molecule has 0 bridgehead atoms. The third-order valence-corrected chi connectivity index (χ3v) is 3.96. The Bertz CT molecular complexity index is 985. The Morgan fingerprint density at radius 2 is 1.93 bits per heavy atom. The maximum atomic E-state index is 11.8. The summed E-state index contributed by atoms with van der Waals surface area (Å²) in [5.74, 6) is 1.50. The normalized spacial score (nSPS) is 11.5. The van der Waals surface area contributed by atoms with Gasteiger partial charge in [0.25, 0.3) is 0 Å². The van der Waals surface area contributed by atoms with Crippen LogP contribution in [0.2, 0.25) is 0 Å². The van der Waals surface area contributed by atoms with E-state index in [0.717, 1.165) is 11.4 Å². The molecule has 3 heterocycles. The lowest BCUT2D eigenvalue weighted by molar-refractivity contribution is 0.0528. The van der Waals surface area contributed by atoms with Crippen LogP contribution in [-0.4, -0.2) is 33.2 Å². The lowest BCUT2D eigenvalue weighted by atomic mass is 10.2. The summed E-state index contributed by atoms with van der Waals surface area (Å²) in [7, 11) is 0. The largest absolute Gasteiger partial charge is 0.444 e. The SMILES string of the molecule is CCc1nc(-c2coc(-c3cccc(C)n3)n2)oc1CCNC(=O)OC(C)(C)C. The van der Waals surface area contributed by atoms with E-state index in [4.69, 9.17) is 13.6 Å². The number of aromatic nitrogens is 3. The van der Waals surface area contributed by atoms with Crippen molar-refractivity contribution in [2.45, 2.75) is 53.1 Å². The van der Waals surface area contributed by atoms with Crippen LogP contribution in [0.1, 0.15) is 44.8 Å². The van der Waals surface area contributed by atoms with Gasteiger partial charge in [-0.3, -0.25) is 0 Å². The quantitative estimate of drug-likeness (QED) is 0.659. The molecular formula is C21H26N4O4. The molecule has 0 saturated heterocycles. The number of hydrogen-bond acceptors (Lipinski definition) is 7. The third-order valence-electron chi connectivity index (χ3n) is 3.96. The molecule has 0 unspecified atom stereocenters. The molecule has 3 rings (SSSR count). The average molecular weight is 398 g/mol. The van der Waals surface area contributed by atoms with Crippen LogP contribution in [-0.2, 0) is 17.6 Å². The molecule has 0 aliphatic carbocycles. The van der Waals surface area contributed by atoms with E-state index >= 15 is 0 Å². The van der Waals surface area contributed by atoms with E-state index in [1.165, 1.54) is 6.26 Å². The second-order valence-electron chi connectivity index (χ2n) is 7.62. The zero-order valence-corrected chi connectivity index (χ0v) is 17.4. The Morgan fingerprint density at radius 1 is 1.14 bits per heavy atom. The number of oxazole rings is 2. The first-order chi connectivity index (χ1) is 13.7. The van der Waals surface area contributed by atoms with Crippen molar-refractivity contribution >= 4 is 6.09 Å². The van der Waals surface area contributed by atoms with Crippen molar-refractivity contribution in [3.8, 4) is 23.2 Å². The van der Waals surface area contributed by atoms with Crippen molar-refractivity contribution in [2.75, 3.05) is 6.54 Å². The van der Waals surface area contributed by atoms with Crippen LogP contribution in [0.4, 0.5) is 4.79 Å². The second kappa shape index (κ2) is 8.46. The van der Waals surface area contributed by atoms with Gasteiger partial charge in [-0.25, -0.2) is 19.7 Å². The first-order valence-electron chi connectivity index (χ1n) is 9.60. The zero-order valence-electron chi connectivity index (χ0n) is 17.4. The fourth-order valence-corrected chi connectivity index (χ4v) is 2.71. The van der Waals surface area contributed by atoms with Crippen molar-refractivity contribution in [3.63, 3.8) is 0 Å². The number of aryl methyl sites for hydroxylation is 2. The molecule has 3 aromatic heterocycles. The highest BCUT2D eigenvalue weighted by Crippen LogP contribution is 2.25. The van der Waals surface area contributed by atoms with Crippen LogP contribution in [0.15, 0.2) is 33.3 Å². The summed E-state index contributed by atoms with van der Waals surface area (Å²) in [4.78, 5) is 25.2. The van der Waals surface area contributed by atoms with Crippen molar-refractivity contribution in [1.82, 2.24) is 20.3 Å². The molecule has 8 heteroatoms. The average Bonchev–Trinajstić information content (AvgIpc) is 3.27. The first kappa shape index (κ1) is 20.6. The van der Waals surface area contributed by atoms with Crippen LogP contribution in [0.5, 0.6) is 0 Å². The van der Waals surface area contributed by atoms with Gasteiger partial charge in [0.05, 0.1) is 5.69 Å². The van der Waals surface area contributed by atoms with E-state index in [1.807, 2.05) is 52.8 Å². The van der Waals surface area contributed by atoms with Gasteiger partial charge in [-0.05, 0) is 46.2 Å². The number of pyridine rings is 1. The lowest BCUT2D eigenvalue weighted by Gasteiger charge is -2.19. The number of nitrogens with zero attached hydrogens (tertiary/aromatic N) is 3. The second-order valence-corrected chi connectivity index (χ2v) is 7.62. The molecule has 1 amide bonds. The number of carbonyl (C=O) groups excluding carboxylic acids is 1. The number of alkyl carbamates (subject to hydrolysis) is 1. The van der Waals surface area contributed by atoms with Crippen molar-refractivity contribution < 1.29 is 18.4 Å². The number of carbonyl (C=O) groups is 1. The zero-order chi connectivity index (χ0) is 21.0. The van der Waals surface area contributed by atoms with E-state index in [0.29, 0.717) is 48.3 Å². The minimum atomic E-state index is -0.533. The fraction of sp³-hybridized carbons (Fsp3) is 0.429. The minimum absolute atomic E-state index is 0.383.